The maximum Gasteiger partial charge on any atom is 0.135 e. The van der Waals surface area contributed by atoms with Crippen molar-refractivity contribution >= 4 is 0 Å². The molecule has 0 unspecified atom stereocenters. The maximum absolute atomic E-state index is 14.0. The molecule has 5 heteroatoms. The van der Waals surface area contributed by atoms with Crippen LogP contribution in [-0.2, 0) is 13.1 Å². The van der Waals surface area contributed by atoms with Gasteiger partial charge in [-0.3, -0.25) is 10.00 Å². The average Bonchev–Trinajstić information content (AvgIpc) is 2.96. The first-order chi connectivity index (χ1) is 11.1. The van der Waals surface area contributed by atoms with E-state index >= 15 is 0 Å². The number of aromatic nitrogens is 2. The second kappa shape index (κ2) is 6.71. The normalized spacial score (nSPS) is 11.1. The van der Waals surface area contributed by atoms with E-state index in [2.05, 4.69) is 15.1 Å². The molecule has 0 saturated heterocycles. The Morgan fingerprint density at radius 2 is 1.65 bits per heavy atom. The Morgan fingerprint density at radius 1 is 0.957 bits per heavy atom. The van der Waals surface area contributed by atoms with E-state index in [1.165, 1.54) is 23.8 Å². The summed E-state index contributed by atoms with van der Waals surface area (Å²) in [7, 11) is 1.96. The fourth-order valence-corrected chi connectivity index (χ4v) is 2.63. The zero-order valence-electron chi connectivity index (χ0n) is 12.8. The highest BCUT2D eigenvalue weighted by molar-refractivity contribution is 5.64. The molecule has 0 bridgehead atoms. The summed E-state index contributed by atoms with van der Waals surface area (Å²) in [5.41, 5.74) is 2.26. The molecule has 3 aromatic rings. The molecule has 3 nitrogen and oxygen atoms in total. The highest BCUT2D eigenvalue weighted by atomic mass is 19.1. The van der Waals surface area contributed by atoms with E-state index in [-0.39, 0.29) is 5.56 Å². The van der Waals surface area contributed by atoms with E-state index in [1.807, 2.05) is 37.4 Å². The largest absolute Gasteiger partial charge is 0.298 e. The van der Waals surface area contributed by atoms with Crippen LogP contribution in [0.1, 0.15) is 11.1 Å². The summed E-state index contributed by atoms with van der Waals surface area (Å²) in [5, 5.41) is 6.67. The van der Waals surface area contributed by atoms with E-state index in [4.69, 9.17) is 0 Å². The van der Waals surface area contributed by atoms with Gasteiger partial charge in [0.05, 0.1) is 17.5 Å². The predicted molar refractivity (Wildman–Crippen MR) is 85.6 cm³/mol. The lowest BCUT2D eigenvalue weighted by molar-refractivity contribution is 0.319. The highest BCUT2D eigenvalue weighted by Crippen LogP contribution is 2.27. The van der Waals surface area contributed by atoms with E-state index < -0.39 is 11.6 Å². The molecule has 118 valence electrons. The fraction of sp³-hybridized carbons (Fsp3) is 0.167. The van der Waals surface area contributed by atoms with Crippen molar-refractivity contribution in [2.24, 2.45) is 0 Å². The number of hydrogen-bond donors (Lipinski definition) is 1. The Balaban J connectivity index is 1.81. The quantitative estimate of drug-likeness (QED) is 0.772. The van der Waals surface area contributed by atoms with Crippen LogP contribution in [0.4, 0.5) is 8.78 Å². The van der Waals surface area contributed by atoms with E-state index in [0.717, 1.165) is 12.1 Å². The summed E-state index contributed by atoms with van der Waals surface area (Å²) in [6, 6.07) is 13.9. The fourth-order valence-electron chi connectivity index (χ4n) is 2.63. The van der Waals surface area contributed by atoms with Crippen LogP contribution < -0.4 is 0 Å². The Bertz CT molecular complexity index is 764. The molecule has 0 spiro atoms. The summed E-state index contributed by atoms with van der Waals surface area (Å²) >= 11 is 0. The monoisotopic (exact) mass is 313 g/mol. The maximum atomic E-state index is 14.0. The number of nitrogens with zero attached hydrogens (tertiary/aromatic N) is 2. The first-order valence-corrected chi connectivity index (χ1v) is 7.34. The molecule has 0 aliphatic rings. The minimum Gasteiger partial charge on any atom is -0.298 e. The van der Waals surface area contributed by atoms with Gasteiger partial charge in [0.1, 0.15) is 11.6 Å². The van der Waals surface area contributed by atoms with Gasteiger partial charge in [-0.2, -0.15) is 5.10 Å². The van der Waals surface area contributed by atoms with Crippen LogP contribution in [0.5, 0.6) is 0 Å². The van der Waals surface area contributed by atoms with E-state index in [9.17, 15) is 8.78 Å². The molecule has 2 aromatic carbocycles. The van der Waals surface area contributed by atoms with Crippen molar-refractivity contribution in [1.82, 2.24) is 15.1 Å². The van der Waals surface area contributed by atoms with Crippen molar-refractivity contribution in [2.75, 3.05) is 7.05 Å². The molecule has 1 N–H and O–H groups in total. The van der Waals surface area contributed by atoms with Gasteiger partial charge in [0.15, 0.2) is 0 Å². The number of H-pyrrole nitrogens is 1. The van der Waals surface area contributed by atoms with Gasteiger partial charge < -0.3 is 0 Å². The molecule has 23 heavy (non-hydrogen) atoms. The summed E-state index contributed by atoms with van der Waals surface area (Å²) < 4.78 is 28.0. The van der Waals surface area contributed by atoms with Crippen molar-refractivity contribution in [3.05, 3.63) is 77.5 Å². The molecule has 0 radical (unpaired) electrons. The third-order valence-corrected chi connectivity index (χ3v) is 3.67. The Kier molecular flexibility index (Phi) is 4.48. The highest BCUT2D eigenvalue weighted by Gasteiger charge is 2.17. The second-order valence-electron chi connectivity index (χ2n) is 5.52. The van der Waals surface area contributed by atoms with Crippen LogP contribution in [-0.4, -0.2) is 22.1 Å². The van der Waals surface area contributed by atoms with Crippen LogP contribution in [0, 0.1) is 11.6 Å². The lowest BCUT2D eigenvalue weighted by Crippen LogP contribution is -2.17. The van der Waals surface area contributed by atoms with Crippen LogP contribution in [0.2, 0.25) is 0 Å². The van der Waals surface area contributed by atoms with Gasteiger partial charge in [-0.05, 0) is 24.7 Å². The SMILES string of the molecule is CN(Cc1ccccc1)Cc1cn[nH]c1-c1c(F)cccc1F. The number of nitrogens with one attached hydrogen (secondary N) is 1. The minimum atomic E-state index is -0.596. The number of halogens is 2. The lowest BCUT2D eigenvalue weighted by atomic mass is 10.1. The zero-order valence-corrected chi connectivity index (χ0v) is 12.8. The average molecular weight is 313 g/mol. The molecule has 0 amide bonds. The van der Waals surface area contributed by atoms with Crippen molar-refractivity contribution in [1.29, 1.82) is 0 Å². The Hall–Kier alpha value is -2.53. The molecule has 0 saturated carbocycles. The van der Waals surface area contributed by atoms with Crippen LogP contribution in [0.15, 0.2) is 54.7 Å². The standard InChI is InChI=1S/C18H17F2N3/c1-23(11-13-6-3-2-4-7-13)12-14-10-21-22-18(14)17-15(19)8-5-9-16(17)20/h2-10H,11-12H2,1H3,(H,21,22). The molecule has 0 aliphatic carbocycles. The van der Waals surface area contributed by atoms with E-state index in [0.29, 0.717) is 12.2 Å². The summed E-state index contributed by atoms with van der Waals surface area (Å²) in [4.78, 5) is 2.07. The van der Waals surface area contributed by atoms with Crippen molar-refractivity contribution in [3.63, 3.8) is 0 Å². The van der Waals surface area contributed by atoms with Crippen molar-refractivity contribution in [3.8, 4) is 11.3 Å². The van der Waals surface area contributed by atoms with Crippen molar-refractivity contribution in [2.45, 2.75) is 13.1 Å². The summed E-state index contributed by atoms with van der Waals surface area (Å²) in [6.07, 6.45) is 1.61. The minimum absolute atomic E-state index is 0.0619. The first-order valence-electron chi connectivity index (χ1n) is 7.34. The van der Waals surface area contributed by atoms with Gasteiger partial charge in [0, 0.05) is 18.7 Å². The topological polar surface area (TPSA) is 31.9 Å². The van der Waals surface area contributed by atoms with E-state index in [1.54, 1.807) is 6.20 Å². The second-order valence-corrected chi connectivity index (χ2v) is 5.52. The molecule has 0 atom stereocenters. The number of rotatable bonds is 5. The first kappa shape index (κ1) is 15.4. The molecule has 3 rings (SSSR count). The van der Waals surface area contributed by atoms with Crippen molar-refractivity contribution < 1.29 is 8.78 Å². The number of benzene rings is 2. The summed E-state index contributed by atoms with van der Waals surface area (Å²) in [6.45, 7) is 1.28. The van der Waals surface area contributed by atoms with Crippen LogP contribution in [0.3, 0.4) is 0 Å². The van der Waals surface area contributed by atoms with Gasteiger partial charge in [-0.1, -0.05) is 36.4 Å². The molecule has 0 aliphatic heterocycles. The lowest BCUT2D eigenvalue weighted by Gasteiger charge is -2.17. The van der Waals surface area contributed by atoms with Gasteiger partial charge in [-0.15, -0.1) is 0 Å². The molecular formula is C18H17F2N3. The van der Waals surface area contributed by atoms with Gasteiger partial charge in [-0.25, -0.2) is 8.78 Å². The van der Waals surface area contributed by atoms with Gasteiger partial charge >= 0.3 is 0 Å². The van der Waals surface area contributed by atoms with Crippen LogP contribution >= 0.6 is 0 Å². The Morgan fingerprint density at radius 3 is 2.35 bits per heavy atom. The third kappa shape index (κ3) is 3.46. The molecular weight excluding hydrogens is 296 g/mol. The third-order valence-electron chi connectivity index (χ3n) is 3.67. The van der Waals surface area contributed by atoms with Gasteiger partial charge in [0.2, 0.25) is 0 Å². The molecule has 1 heterocycles. The number of aromatic amines is 1. The Labute approximate surface area is 133 Å². The predicted octanol–water partition coefficient (Wildman–Crippen LogP) is 3.99. The van der Waals surface area contributed by atoms with Gasteiger partial charge in [0.25, 0.3) is 0 Å². The van der Waals surface area contributed by atoms with Crippen LogP contribution in [0.25, 0.3) is 11.3 Å². The number of hydrogen-bond acceptors (Lipinski definition) is 2. The zero-order chi connectivity index (χ0) is 16.2. The molecule has 1 aromatic heterocycles. The summed E-state index contributed by atoms with van der Waals surface area (Å²) in [5.74, 6) is -1.19. The molecule has 0 fully saturated rings. The smallest absolute Gasteiger partial charge is 0.135 e.